The van der Waals surface area contributed by atoms with Crippen molar-refractivity contribution in [2.24, 2.45) is 0 Å². The zero-order chi connectivity index (χ0) is 58.5. The third kappa shape index (κ3) is 65.2. The lowest BCUT2D eigenvalue weighted by molar-refractivity contribution is -0.167. The van der Waals surface area contributed by atoms with E-state index in [1.165, 1.54) is 44.9 Å². The van der Waals surface area contributed by atoms with Crippen molar-refractivity contribution >= 4 is 17.9 Å². The van der Waals surface area contributed by atoms with E-state index in [0.717, 1.165) is 161 Å². The number of allylic oxidation sites excluding steroid dienone is 30. The third-order valence-corrected chi connectivity index (χ3v) is 12.9. The summed E-state index contributed by atoms with van der Waals surface area (Å²) in [4.78, 5) is 37.9. The molecule has 81 heavy (non-hydrogen) atoms. The monoisotopic (exact) mass is 1110 g/mol. The lowest BCUT2D eigenvalue weighted by Gasteiger charge is -2.18. The number of esters is 3. The van der Waals surface area contributed by atoms with Gasteiger partial charge in [0.25, 0.3) is 0 Å². The first-order valence-corrected chi connectivity index (χ1v) is 32.3. The van der Waals surface area contributed by atoms with E-state index in [1.807, 2.05) is 0 Å². The molecule has 0 aromatic carbocycles. The van der Waals surface area contributed by atoms with Crippen LogP contribution in [-0.4, -0.2) is 37.2 Å². The first kappa shape index (κ1) is 75.5. The largest absolute Gasteiger partial charge is 0.462 e. The van der Waals surface area contributed by atoms with Gasteiger partial charge in [-0.15, -0.1) is 0 Å². The van der Waals surface area contributed by atoms with Gasteiger partial charge in [0, 0.05) is 19.3 Å². The number of hydrogen-bond acceptors (Lipinski definition) is 6. The van der Waals surface area contributed by atoms with Crippen molar-refractivity contribution in [1.29, 1.82) is 0 Å². The van der Waals surface area contributed by atoms with E-state index in [-0.39, 0.29) is 37.5 Å². The van der Waals surface area contributed by atoms with Gasteiger partial charge in [0.2, 0.25) is 0 Å². The highest BCUT2D eigenvalue weighted by molar-refractivity contribution is 5.71. The maximum atomic E-state index is 12.8. The van der Waals surface area contributed by atoms with Crippen molar-refractivity contribution < 1.29 is 28.6 Å². The second-order valence-electron chi connectivity index (χ2n) is 20.6. The van der Waals surface area contributed by atoms with Gasteiger partial charge in [0.05, 0.1) is 0 Å². The molecule has 1 unspecified atom stereocenters. The van der Waals surface area contributed by atoms with Crippen molar-refractivity contribution in [3.05, 3.63) is 182 Å². The van der Waals surface area contributed by atoms with E-state index in [0.29, 0.717) is 19.3 Å². The fraction of sp³-hybridized carbons (Fsp3) is 0.560. The fourth-order valence-electron chi connectivity index (χ4n) is 8.15. The van der Waals surface area contributed by atoms with Crippen LogP contribution in [0.15, 0.2) is 182 Å². The SMILES string of the molecule is CC/C=C\C/C=C\C/C=C\C/C=C\C/C=C\C/C=C\C/C=C\C/C=C\CCCCCCCCCCCCC(=O)OCC(COC(=O)CCCCCCC)OC(=O)CCC/C=C\C/C=C\C/C=C\C/C=C\C/C=C\C/C=C\C/C=C\CC. The summed E-state index contributed by atoms with van der Waals surface area (Å²) >= 11 is 0. The van der Waals surface area contributed by atoms with Crippen LogP contribution in [0.4, 0.5) is 0 Å². The highest BCUT2D eigenvalue weighted by Gasteiger charge is 2.19. The van der Waals surface area contributed by atoms with Crippen LogP contribution in [-0.2, 0) is 28.6 Å². The van der Waals surface area contributed by atoms with Gasteiger partial charge in [-0.3, -0.25) is 14.4 Å². The van der Waals surface area contributed by atoms with Gasteiger partial charge in [0.1, 0.15) is 13.2 Å². The standard InChI is InChI=1S/C75H116O6/c1-4-7-10-13-15-17-19-21-23-25-27-29-31-32-33-34-35-36-37-38-39-40-41-42-44-45-47-49-51-53-55-57-59-62-65-68-74(77)80-71-72(70-79-73(76)67-64-61-12-9-6-3)81-75(78)69-66-63-60-58-56-54-52-50-48-46-43-30-28-26-24-22-20-18-16-14-11-8-5-2/h7-8,10-11,15-18,21-24,27-30,32-33,35-36,38-39,41-42,46,48,52,54,58,60,72H,4-6,9,12-14,19-20,25-26,31,34,37,40,43-45,47,49-51,53,55-57,59,61-71H2,1-3H3/b10-7-,11-8-,17-15-,18-16-,23-21-,24-22-,29-27-,30-28-,33-32-,36-35-,39-38-,42-41-,48-46-,54-52-,60-58-. The summed E-state index contributed by atoms with van der Waals surface area (Å²) in [5, 5.41) is 0. The molecule has 0 aromatic heterocycles. The molecule has 0 saturated heterocycles. The van der Waals surface area contributed by atoms with Gasteiger partial charge < -0.3 is 14.2 Å². The molecular weight excluding hydrogens is 997 g/mol. The topological polar surface area (TPSA) is 78.9 Å². The van der Waals surface area contributed by atoms with Crippen LogP contribution in [0.3, 0.4) is 0 Å². The van der Waals surface area contributed by atoms with Crippen LogP contribution in [0, 0.1) is 0 Å². The van der Waals surface area contributed by atoms with Crippen LogP contribution in [0.2, 0.25) is 0 Å². The zero-order valence-electron chi connectivity index (χ0n) is 51.7. The maximum Gasteiger partial charge on any atom is 0.306 e. The Hall–Kier alpha value is -5.49. The summed E-state index contributed by atoms with van der Waals surface area (Å²) in [6, 6.07) is 0. The highest BCUT2D eigenvalue weighted by atomic mass is 16.6. The molecule has 0 aliphatic carbocycles. The maximum absolute atomic E-state index is 12.8. The summed E-state index contributed by atoms with van der Waals surface area (Å²) < 4.78 is 16.7. The molecule has 0 aliphatic heterocycles. The van der Waals surface area contributed by atoms with Gasteiger partial charge in [-0.05, 0) is 135 Å². The number of hydrogen-bond donors (Lipinski definition) is 0. The molecule has 0 rings (SSSR count). The fourth-order valence-corrected chi connectivity index (χ4v) is 8.15. The Morgan fingerprint density at radius 3 is 0.790 bits per heavy atom. The Kier molecular flexibility index (Phi) is 62.5. The summed E-state index contributed by atoms with van der Waals surface area (Å²) in [5.41, 5.74) is 0. The van der Waals surface area contributed by atoms with E-state index < -0.39 is 6.10 Å². The molecule has 6 nitrogen and oxygen atoms in total. The molecule has 0 fully saturated rings. The Labute approximate surface area is 497 Å². The summed E-state index contributed by atoms with van der Waals surface area (Å²) in [6.45, 7) is 6.26. The molecule has 0 aromatic rings. The normalized spacial score (nSPS) is 13.4. The summed E-state index contributed by atoms with van der Waals surface area (Å²) in [7, 11) is 0. The molecular formula is C75H116O6. The minimum absolute atomic E-state index is 0.110. The Morgan fingerprint density at radius 2 is 0.494 bits per heavy atom. The minimum atomic E-state index is -0.816. The minimum Gasteiger partial charge on any atom is -0.462 e. The van der Waals surface area contributed by atoms with Crippen LogP contribution in [0.5, 0.6) is 0 Å². The van der Waals surface area contributed by atoms with E-state index in [4.69, 9.17) is 14.2 Å². The number of rotatable bonds is 56. The van der Waals surface area contributed by atoms with Gasteiger partial charge in [-0.1, -0.05) is 280 Å². The molecule has 452 valence electrons. The predicted molar refractivity (Wildman–Crippen MR) is 352 cm³/mol. The van der Waals surface area contributed by atoms with Crippen molar-refractivity contribution in [2.75, 3.05) is 13.2 Å². The van der Waals surface area contributed by atoms with Gasteiger partial charge in [0.15, 0.2) is 6.10 Å². The molecule has 0 bridgehead atoms. The van der Waals surface area contributed by atoms with E-state index in [1.54, 1.807) is 0 Å². The number of carbonyl (C=O) groups excluding carboxylic acids is 3. The average Bonchev–Trinajstić information content (AvgIpc) is 3.47. The molecule has 0 N–H and O–H groups in total. The first-order valence-electron chi connectivity index (χ1n) is 32.3. The van der Waals surface area contributed by atoms with Crippen molar-refractivity contribution in [1.82, 2.24) is 0 Å². The van der Waals surface area contributed by atoms with Gasteiger partial charge >= 0.3 is 17.9 Å². The first-order chi connectivity index (χ1) is 40.0. The number of carbonyl (C=O) groups is 3. The van der Waals surface area contributed by atoms with Crippen molar-refractivity contribution in [3.8, 4) is 0 Å². The zero-order valence-corrected chi connectivity index (χ0v) is 51.7. The molecule has 0 saturated carbocycles. The lowest BCUT2D eigenvalue weighted by Crippen LogP contribution is -2.30. The van der Waals surface area contributed by atoms with Crippen molar-refractivity contribution in [3.63, 3.8) is 0 Å². The summed E-state index contributed by atoms with van der Waals surface area (Å²) in [5.74, 6) is -0.997. The molecule has 0 aliphatic rings. The Bertz CT molecular complexity index is 1900. The van der Waals surface area contributed by atoms with Crippen LogP contribution >= 0.6 is 0 Å². The average molecular weight is 1110 g/mol. The van der Waals surface area contributed by atoms with E-state index >= 15 is 0 Å². The quantitative estimate of drug-likeness (QED) is 0.0261. The molecule has 0 amide bonds. The van der Waals surface area contributed by atoms with Crippen molar-refractivity contribution in [2.45, 2.75) is 258 Å². The van der Waals surface area contributed by atoms with Gasteiger partial charge in [-0.2, -0.15) is 0 Å². The lowest BCUT2D eigenvalue weighted by atomic mass is 10.1. The molecule has 6 heteroatoms. The second-order valence-corrected chi connectivity index (χ2v) is 20.6. The van der Waals surface area contributed by atoms with E-state index in [9.17, 15) is 14.4 Å². The van der Waals surface area contributed by atoms with E-state index in [2.05, 4.69) is 203 Å². The number of unbranched alkanes of at least 4 members (excludes halogenated alkanes) is 15. The van der Waals surface area contributed by atoms with Crippen LogP contribution in [0.1, 0.15) is 252 Å². The molecule has 0 radical (unpaired) electrons. The highest BCUT2D eigenvalue weighted by Crippen LogP contribution is 2.14. The molecule has 0 spiro atoms. The van der Waals surface area contributed by atoms with Gasteiger partial charge in [-0.25, -0.2) is 0 Å². The molecule has 1 atom stereocenters. The second kappa shape index (κ2) is 67.0. The Morgan fingerprint density at radius 1 is 0.259 bits per heavy atom. The predicted octanol–water partition coefficient (Wildman–Crippen LogP) is 22.4. The third-order valence-electron chi connectivity index (χ3n) is 12.9. The smallest absolute Gasteiger partial charge is 0.306 e. The molecule has 0 heterocycles. The Balaban J connectivity index is 4.15. The summed E-state index contributed by atoms with van der Waals surface area (Å²) in [6.07, 6.45) is 101. The van der Waals surface area contributed by atoms with Crippen LogP contribution < -0.4 is 0 Å². The number of ether oxygens (including phenoxy) is 3. The van der Waals surface area contributed by atoms with Crippen LogP contribution in [0.25, 0.3) is 0 Å².